The fourth-order valence-corrected chi connectivity index (χ4v) is 4.66. The smallest absolute Gasteiger partial charge is 0.314 e. The molecule has 2 aliphatic carbocycles. The Morgan fingerprint density at radius 2 is 1.58 bits per heavy atom. The Morgan fingerprint density at radius 1 is 0.962 bits per heavy atom. The van der Waals surface area contributed by atoms with E-state index in [1.54, 1.807) is 0 Å². The molecule has 0 aliphatic heterocycles. The van der Waals surface area contributed by atoms with Gasteiger partial charge in [0.1, 0.15) is 5.75 Å². The zero-order chi connectivity index (χ0) is 18.5. The van der Waals surface area contributed by atoms with Crippen molar-refractivity contribution in [3.05, 3.63) is 29.3 Å². The van der Waals surface area contributed by atoms with Crippen molar-refractivity contribution in [1.29, 1.82) is 0 Å². The van der Waals surface area contributed by atoms with Crippen LogP contribution in [0.5, 0.6) is 5.75 Å². The van der Waals surface area contributed by atoms with Gasteiger partial charge in [-0.3, -0.25) is 4.79 Å². The second-order valence-corrected chi connectivity index (χ2v) is 9.14. The largest absolute Gasteiger partial charge is 0.426 e. The molecule has 1 aromatic rings. The van der Waals surface area contributed by atoms with E-state index in [0.717, 1.165) is 61.2 Å². The third kappa shape index (κ3) is 5.34. The quantitative estimate of drug-likeness (QED) is 0.445. The number of hydrogen-bond donors (Lipinski definition) is 0. The van der Waals surface area contributed by atoms with Crippen LogP contribution in [0.15, 0.2) is 18.2 Å². The molecular weight excluding hydrogens is 320 g/mol. The van der Waals surface area contributed by atoms with Crippen molar-refractivity contribution in [2.24, 2.45) is 23.7 Å². The molecule has 0 heterocycles. The number of ether oxygens (including phenoxy) is 1. The van der Waals surface area contributed by atoms with Gasteiger partial charge in [0.25, 0.3) is 0 Å². The molecular formula is C24H36O2. The number of esters is 1. The van der Waals surface area contributed by atoms with E-state index in [-0.39, 0.29) is 11.9 Å². The second kappa shape index (κ2) is 9.06. The first-order chi connectivity index (χ1) is 12.5. The van der Waals surface area contributed by atoms with Gasteiger partial charge in [0.15, 0.2) is 0 Å². The van der Waals surface area contributed by atoms with Crippen LogP contribution in [0, 0.1) is 30.6 Å². The number of hydrogen-bond acceptors (Lipinski definition) is 2. The minimum absolute atomic E-state index is 0.0240. The first-order valence-corrected chi connectivity index (χ1v) is 10.8. The lowest BCUT2D eigenvalue weighted by atomic mass is 9.80. The van der Waals surface area contributed by atoms with Gasteiger partial charge in [-0.05, 0) is 80.4 Å². The first-order valence-electron chi connectivity index (χ1n) is 10.8. The molecule has 0 atom stereocenters. The van der Waals surface area contributed by atoms with Crippen LogP contribution in [0.2, 0.25) is 0 Å². The van der Waals surface area contributed by atoms with Crippen LogP contribution in [0.1, 0.15) is 82.8 Å². The van der Waals surface area contributed by atoms with Crippen LogP contribution in [0.4, 0.5) is 0 Å². The van der Waals surface area contributed by atoms with Crippen molar-refractivity contribution in [3.63, 3.8) is 0 Å². The number of carbonyl (C=O) groups is 1. The highest BCUT2D eigenvalue weighted by Gasteiger charge is 2.26. The molecule has 2 saturated carbocycles. The van der Waals surface area contributed by atoms with Gasteiger partial charge in [-0.2, -0.15) is 0 Å². The van der Waals surface area contributed by atoms with Gasteiger partial charge in [-0.25, -0.2) is 0 Å². The van der Waals surface area contributed by atoms with Crippen molar-refractivity contribution in [3.8, 4) is 5.75 Å². The van der Waals surface area contributed by atoms with Crippen LogP contribution >= 0.6 is 0 Å². The summed E-state index contributed by atoms with van der Waals surface area (Å²) < 4.78 is 5.74. The molecule has 0 saturated heterocycles. The fraction of sp³-hybridized carbons (Fsp3) is 0.708. The van der Waals surface area contributed by atoms with Gasteiger partial charge in [0.2, 0.25) is 0 Å². The molecule has 0 aromatic heterocycles. The summed E-state index contributed by atoms with van der Waals surface area (Å²) in [5.74, 6) is 3.41. The summed E-state index contributed by atoms with van der Waals surface area (Å²) in [6, 6.07) is 6.39. The second-order valence-electron chi connectivity index (χ2n) is 9.14. The lowest BCUT2D eigenvalue weighted by molar-refractivity contribution is -0.140. The number of benzene rings is 1. The van der Waals surface area contributed by atoms with E-state index in [1.165, 1.54) is 37.7 Å². The summed E-state index contributed by atoms with van der Waals surface area (Å²) in [5.41, 5.74) is 2.48. The maximum Gasteiger partial charge on any atom is 0.314 e. The molecule has 3 rings (SSSR count). The standard InChI is InChI=1S/C24H36O2/c1-17-4-8-20(9-5-17)10-11-21-12-15-23(19(3)16-21)26-24(25)22-13-6-18(2)7-14-22/h12,15-18,20,22H,4-11,13-14H2,1-3H3. The molecule has 0 N–H and O–H groups in total. The van der Waals surface area contributed by atoms with Crippen molar-refractivity contribution >= 4 is 5.97 Å². The normalized spacial score (nSPS) is 29.3. The molecule has 0 unspecified atom stereocenters. The first kappa shape index (κ1) is 19.5. The number of rotatable bonds is 5. The van der Waals surface area contributed by atoms with E-state index in [2.05, 4.69) is 32.9 Å². The summed E-state index contributed by atoms with van der Waals surface area (Å²) in [5, 5.41) is 0. The summed E-state index contributed by atoms with van der Waals surface area (Å²) in [6.07, 6.45) is 12.3. The van der Waals surface area contributed by atoms with Crippen LogP contribution in [-0.4, -0.2) is 5.97 Å². The zero-order valence-corrected chi connectivity index (χ0v) is 16.9. The Bertz CT molecular complexity index is 590. The molecule has 2 aliphatic rings. The average Bonchev–Trinajstić information content (AvgIpc) is 2.64. The van der Waals surface area contributed by atoms with E-state index in [0.29, 0.717) is 0 Å². The van der Waals surface area contributed by atoms with E-state index in [4.69, 9.17) is 4.74 Å². The molecule has 26 heavy (non-hydrogen) atoms. The highest BCUT2D eigenvalue weighted by atomic mass is 16.5. The zero-order valence-electron chi connectivity index (χ0n) is 16.9. The van der Waals surface area contributed by atoms with E-state index in [9.17, 15) is 4.79 Å². The monoisotopic (exact) mass is 356 g/mol. The van der Waals surface area contributed by atoms with Crippen molar-refractivity contribution in [2.75, 3.05) is 0 Å². The summed E-state index contributed by atoms with van der Waals surface area (Å²) >= 11 is 0. The fourth-order valence-electron chi connectivity index (χ4n) is 4.66. The maximum atomic E-state index is 12.4. The molecule has 0 radical (unpaired) electrons. The Labute approximate surface area is 159 Å². The molecule has 2 nitrogen and oxygen atoms in total. The van der Waals surface area contributed by atoms with E-state index >= 15 is 0 Å². The Balaban J connectivity index is 1.50. The van der Waals surface area contributed by atoms with Crippen LogP contribution < -0.4 is 4.74 Å². The van der Waals surface area contributed by atoms with Gasteiger partial charge in [0, 0.05) is 0 Å². The number of aryl methyl sites for hydroxylation is 2. The Morgan fingerprint density at radius 3 is 2.19 bits per heavy atom. The lowest BCUT2D eigenvalue weighted by Crippen LogP contribution is -2.25. The van der Waals surface area contributed by atoms with Crippen LogP contribution in [-0.2, 0) is 11.2 Å². The van der Waals surface area contributed by atoms with E-state index < -0.39 is 0 Å². The highest BCUT2D eigenvalue weighted by molar-refractivity contribution is 5.75. The SMILES string of the molecule is Cc1cc(CCC2CCC(C)CC2)ccc1OC(=O)C1CCC(C)CC1. The Hall–Kier alpha value is -1.31. The molecule has 2 heteroatoms. The molecule has 0 bridgehead atoms. The summed E-state index contributed by atoms with van der Waals surface area (Å²) in [7, 11) is 0. The predicted octanol–water partition coefficient (Wildman–Crippen LogP) is 6.49. The van der Waals surface area contributed by atoms with Crippen molar-refractivity contribution in [1.82, 2.24) is 0 Å². The molecule has 0 amide bonds. The van der Waals surface area contributed by atoms with Crippen LogP contribution in [0.3, 0.4) is 0 Å². The minimum Gasteiger partial charge on any atom is -0.426 e. The van der Waals surface area contributed by atoms with Gasteiger partial charge in [0.05, 0.1) is 5.92 Å². The van der Waals surface area contributed by atoms with Crippen molar-refractivity contribution < 1.29 is 9.53 Å². The molecule has 1 aromatic carbocycles. The average molecular weight is 357 g/mol. The van der Waals surface area contributed by atoms with Gasteiger partial charge < -0.3 is 4.74 Å². The minimum atomic E-state index is -0.0240. The van der Waals surface area contributed by atoms with Gasteiger partial charge in [-0.1, -0.05) is 51.7 Å². The highest BCUT2D eigenvalue weighted by Crippen LogP contribution is 2.32. The number of carbonyl (C=O) groups excluding carboxylic acids is 1. The topological polar surface area (TPSA) is 26.3 Å². The molecule has 0 spiro atoms. The summed E-state index contributed by atoms with van der Waals surface area (Å²) in [6.45, 7) is 6.73. The Kier molecular flexibility index (Phi) is 6.78. The lowest BCUT2D eigenvalue weighted by Gasteiger charge is -2.26. The van der Waals surface area contributed by atoms with Crippen LogP contribution in [0.25, 0.3) is 0 Å². The van der Waals surface area contributed by atoms with Gasteiger partial charge in [-0.15, -0.1) is 0 Å². The predicted molar refractivity (Wildman–Crippen MR) is 107 cm³/mol. The third-order valence-electron chi connectivity index (χ3n) is 6.78. The van der Waals surface area contributed by atoms with E-state index in [1.807, 2.05) is 6.07 Å². The maximum absolute atomic E-state index is 12.4. The third-order valence-corrected chi connectivity index (χ3v) is 6.78. The summed E-state index contributed by atoms with van der Waals surface area (Å²) in [4.78, 5) is 12.4. The van der Waals surface area contributed by atoms with Crippen molar-refractivity contribution in [2.45, 2.75) is 85.0 Å². The van der Waals surface area contributed by atoms with Gasteiger partial charge >= 0.3 is 5.97 Å². The molecule has 144 valence electrons. The molecule has 2 fully saturated rings.